The summed E-state index contributed by atoms with van der Waals surface area (Å²) in [6, 6.07) is 18.8. The minimum atomic E-state index is -0.261. The Morgan fingerprint density at radius 1 is 1.03 bits per heavy atom. The van der Waals surface area contributed by atoms with Crippen LogP contribution in [0, 0.1) is 0 Å². The minimum Gasteiger partial charge on any atom is -0.495 e. The molecule has 0 aliphatic rings. The van der Waals surface area contributed by atoms with Crippen molar-refractivity contribution < 1.29 is 9.53 Å². The number of rotatable bonds is 5. The second-order valence-electron chi connectivity index (χ2n) is 6.36. The molecular formula is C22H16Br2N4O2. The Kier molecular flexibility index (Phi) is 5.96. The van der Waals surface area contributed by atoms with Gasteiger partial charge in [0.1, 0.15) is 16.8 Å². The molecule has 30 heavy (non-hydrogen) atoms. The number of carbonyl (C=O) groups is 1. The lowest BCUT2D eigenvalue weighted by Gasteiger charge is -2.08. The van der Waals surface area contributed by atoms with E-state index < -0.39 is 0 Å². The average molecular weight is 528 g/mol. The third kappa shape index (κ3) is 4.44. The summed E-state index contributed by atoms with van der Waals surface area (Å²) in [5, 5.41) is 11.8. The van der Waals surface area contributed by atoms with Crippen LogP contribution < -0.4 is 10.1 Å². The summed E-state index contributed by atoms with van der Waals surface area (Å²) in [7, 11) is 1.59. The van der Waals surface area contributed by atoms with Gasteiger partial charge in [0.05, 0.1) is 17.3 Å². The van der Waals surface area contributed by atoms with Gasteiger partial charge in [-0.2, -0.15) is 4.80 Å². The van der Waals surface area contributed by atoms with Gasteiger partial charge in [-0.1, -0.05) is 34.1 Å². The third-order valence-electron chi connectivity index (χ3n) is 4.29. The van der Waals surface area contributed by atoms with Crippen molar-refractivity contribution in [1.82, 2.24) is 15.0 Å². The van der Waals surface area contributed by atoms with Crippen molar-refractivity contribution in [3.8, 4) is 11.4 Å². The maximum Gasteiger partial charge on any atom is 0.248 e. The van der Waals surface area contributed by atoms with Crippen molar-refractivity contribution in [2.75, 3.05) is 12.4 Å². The van der Waals surface area contributed by atoms with Gasteiger partial charge in [-0.05, 0) is 64.5 Å². The topological polar surface area (TPSA) is 69.0 Å². The lowest BCUT2D eigenvalue weighted by Crippen LogP contribution is -2.07. The molecule has 0 fully saturated rings. The van der Waals surface area contributed by atoms with Crippen LogP contribution in [0.5, 0.6) is 5.75 Å². The van der Waals surface area contributed by atoms with Crippen LogP contribution >= 0.6 is 31.9 Å². The number of methoxy groups -OCH3 is 1. The summed E-state index contributed by atoms with van der Waals surface area (Å²) in [5.74, 6) is 0.393. The summed E-state index contributed by atoms with van der Waals surface area (Å²) in [6.07, 6.45) is 3.16. The number of ether oxygens (including phenoxy) is 1. The van der Waals surface area contributed by atoms with Crippen LogP contribution in [0.25, 0.3) is 22.8 Å². The van der Waals surface area contributed by atoms with Gasteiger partial charge in [-0.25, -0.2) is 0 Å². The molecule has 0 radical (unpaired) electrons. The van der Waals surface area contributed by atoms with E-state index in [1.807, 2.05) is 48.5 Å². The fourth-order valence-corrected chi connectivity index (χ4v) is 4.36. The first-order valence-electron chi connectivity index (χ1n) is 8.98. The smallest absolute Gasteiger partial charge is 0.248 e. The Morgan fingerprint density at radius 2 is 1.80 bits per heavy atom. The van der Waals surface area contributed by atoms with E-state index in [0.29, 0.717) is 17.0 Å². The van der Waals surface area contributed by atoms with Gasteiger partial charge in [-0.3, -0.25) is 4.79 Å². The van der Waals surface area contributed by atoms with Crippen LogP contribution in [0.3, 0.4) is 0 Å². The van der Waals surface area contributed by atoms with Gasteiger partial charge in [0.25, 0.3) is 0 Å². The molecule has 4 rings (SSSR count). The molecule has 3 aromatic carbocycles. The van der Waals surface area contributed by atoms with Crippen molar-refractivity contribution in [2.24, 2.45) is 0 Å². The Labute approximate surface area is 189 Å². The average Bonchev–Trinajstić information content (AvgIpc) is 3.16. The lowest BCUT2D eigenvalue weighted by molar-refractivity contribution is -0.111. The van der Waals surface area contributed by atoms with E-state index in [-0.39, 0.29) is 5.91 Å². The van der Waals surface area contributed by atoms with E-state index in [1.165, 1.54) is 6.08 Å². The molecule has 1 amide bonds. The summed E-state index contributed by atoms with van der Waals surface area (Å²) in [5.41, 5.74) is 3.72. The van der Waals surface area contributed by atoms with Crippen LogP contribution in [-0.2, 0) is 4.79 Å². The predicted octanol–water partition coefficient (Wildman–Crippen LogP) is 5.61. The second-order valence-corrected chi connectivity index (χ2v) is 8.13. The van der Waals surface area contributed by atoms with Gasteiger partial charge < -0.3 is 10.1 Å². The van der Waals surface area contributed by atoms with Crippen molar-refractivity contribution in [3.05, 3.63) is 81.2 Å². The molecule has 6 nitrogen and oxygen atoms in total. The molecular weight excluding hydrogens is 512 g/mol. The van der Waals surface area contributed by atoms with Crippen LogP contribution in [-0.4, -0.2) is 28.0 Å². The van der Waals surface area contributed by atoms with E-state index in [4.69, 9.17) is 4.74 Å². The van der Waals surface area contributed by atoms with Crippen molar-refractivity contribution in [3.63, 3.8) is 0 Å². The Hall–Kier alpha value is -2.97. The number of halogens is 2. The first kappa shape index (κ1) is 20.3. The number of hydrogen-bond donors (Lipinski definition) is 1. The quantitative estimate of drug-likeness (QED) is 0.343. The predicted molar refractivity (Wildman–Crippen MR) is 125 cm³/mol. The fraction of sp³-hybridized carbons (Fsp3) is 0.0455. The van der Waals surface area contributed by atoms with E-state index in [9.17, 15) is 4.79 Å². The number of carbonyl (C=O) groups excluding carboxylic acids is 1. The molecule has 0 aliphatic heterocycles. The second kappa shape index (κ2) is 8.81. The largest absolute Gasteiger partial charge is 0.495 e. The number of hydrogen-bond acceptors (Lipinski definition) is 4. The third-order valence-corrected chi connectivity index (χ3v) is 5.34. The van der Waals surface area contributed by atoms with Gasteiger partial charge in [0.2, 0.25) is 5.91 Å². The van der Waals surface area contributed by atoms with Crippen LogP contribution in [0.15, 0.2) is 75.7 Å². The molecule has 0 atom stereocenters. The molecule has 0 unspecified atom stereocenters. The number of nitrogens with one attached hydrogen (secondary N) is 1. The zero-order valence-corrected chi connectivity index (χ0v) is 19.0. The number of aromatic nitrogens is 3. The molecule has 0 saturated carbocycles. The zero-order chi connectivity index (χ0) is 21.1. The lowest BCUT2D eigenvalue weighted by atomic mass is 10.2. The van der Waals surface area contributed by atoms with Crippen LogP contribution in [0.1, 0.15) is 5.56 Å². The van der Waals surface area contributed by atoms with Crippen molar-refractivity contribution >= 4 is 60.6 Å². The van der Waals surface area contributed by atoms with Crippen LogP contribution in [0.2, 0.25) is 0 Å². The van der Waals surface area contributed by atoms with Gasteiger partial charge in [0.15, 0.2) is 0 Å². The maximum absolute atomic E-state index is 12.4. The Morgan fingerprint density at radius 3 is 2.57 bits per heavy atom. The Bertz CT molecular complexity index is 1250. The summed E-state index contributed by atoms with van der Waals surface area (Å²) in [4.78, 5) is 14.0. The van der Waals surface area contributed by atoms with E-state index in [1.54, 1.807) is 30.1 Å². The molecule has 0 aliphatic carbocycles. The normalized spacial score (nSPS) is 11.2. The monoisotopic (exact) mass is 526 g/mol. The maximum atomic E-state index is 12.4. The highest BCUT2D eigenvalue weighted by Gasteiger charge is 2.09. The highest BCUT2D eigenvalue weighted by atomic mass is 79.9. The van der Waals surface area contributed by atoms with Gasteiger partial charge in [-0.15, -0.1) is 10.2 Å². The number of amides is 1. The number of para-hydroxylation sites is 1. The summed E-state index contributed by atoms with van der Waals surface area (Å²) < 4.78 is 7.08. The minimum absolute atomic E-state index is 0.261. The summed E-state index contributed by atoms with van der Waals surface area (Å²) >= 11 is 6.90. The molecule has 0 bridgehead atoms. The highest BCUT2D eigenvalue weighted by molar-refractivity contribution is 9.11. The standard InChI is InChI=1S/C22H16Br2N4O2/c1-30-22-14(11-15(23)12-18(22)24)7-10-21(29)25-16-8-9-19-20(13-16)27-28(26-19)17-5-3-2-4-6-17/h2-13H,1H3,(H,25,29)/b10-7-. The zero-order valence-electron chi connectivity index (χ0n) is 15.8. The van der Waals surface area contributed by atoms with Gasteiger partial charge >= 0.3 is 0 Å². The molecule has 1 aromatic heterocycles. The molecule has 150 valence electrons. The summed E-state index contributed by atoms with van der Waals surface area (Å²) in [6.45, 7) is 0. The van der Waals surface area contributed by atoms with Gasteiger partial charge in [0, 0.05) is 21.8 Å². The van der Waals surface area contributed by atoms with E-state index >= 15 is 0 Å². The molecule has 1 N–H and O–H groups in total. The molecule has 1 heterocycles. The van der Waals surface area contributed by atoms with Crippen molar-refractivity contribution in [2.45, 2.75) is 0 Å². The molecule has 4 aromatic rings. The highest BCUT2D eigenvalue weighted by Crippen LogP contribution is 2.33. The SMILES string of the molecule is COc1c(Br)cc(Br)cc1/C=C\C(=O)Nc1ccc2nn(-c3ccccc3)nc2c1. The number of nitrogens with zero attached hydrogens (tertiary/aromatic N) is 3. The van der Waals surface area contributed by atoms with Crippen LogP contribution in [0.4, 0.5) is 5.69 Å². The number of benzene rings is 3. The van der Waals surface area contributed by atoms with E-state index in [2.05, 4.69) is 47.4 Å². The number of anilines is 1. The number of fused-ring (bicyclic) bond motifs is 1. The molecule has 8 heteroatoms. The molecule has 0 spiro atoms. The first-order chi connectivity index (χ1) is 14.5. The first-order valence-corrected chi connectivity index (χ1v) is 10.6. The Balaban J connectivity index is 1.53. The van der Waals surface area contributed by atoms with E-state index in [0.717, 1.165) is 25.7 Å². The van der Waals surface area contributed by atoms with Crippen molar-refractivity contribution in [1.29, 1.82) is 0 Å². The molecule has 0 saturated heterocycles. The fourth-order valence-electron chi connectivity index (χ4n) is 2.94.